The molecule has 0 N–H and O–H groups in total. The van der Waals surface area contributed by atoms with Crippen molar-refractivity contribution in [1.29, 1.82) is 0 Å². The number of amides is 1. The standard InChI is InChI=1S/C20H19N5OS/c1-14-5-3-7-16(22-14)10-24(11-17-8-4-6-15(2)23-17)20(26)18-12-27-19-9-21-13-25(18)19/h3-9,12-13H,10-11H2,1-2H3. The van der Waals surface area contributed by atoms with Gasteiger partial charge in [-0.1, -0.05) is 12.1 Å². The molecule has 0 saturated heterocycles. The van der Waals surface area contributed by atoms with Gasteiger partial charge in [-0.2, -0.15) is 0 Å². The summed E-state index contributed by atoms with van der Waals surface area (Å²) >= 11 is 1.51. The predicted molar refractivity (Wildman–Crippen MR) is 105 cm³/mol. The zero-order valence-electron chi connectivity index (χ0n) is 15.2. The maximum Gasteiger partial charge on any atom is 0.272 e. The predicted octanol–water partition coefficient (Wildman–Crippen LogP) is 3.65. The molecule has 0 aliphatic heterocycles. The highest BCUT2D eigenvalue weighted by atomic mass is 32.1. The average Bonchev–Trinajstić information content (AvgIpc) is 3.24. The maximum atomic E-state index is 13.3. The summed E-state index contributed by atoms with van der Waals surface area (Å²) in [6.45, 7) is 4.74. The van der Waals surface area contributed by atoms with Crippen LogP contribution in [0.25, 0.3) is 4.83 Å². The zero-order chi connectivity index (χ0) is 18.8. The largest absolute Gasteiger partial charge is 0.326 e. The van der Waals surface area contributed by atoms with Crippen LogP contribution in [-0.2, 0) is 13.1 Å². The van der Waals surface area contributed by atoms with E-state index in [9.17, 15) is 4.79 Å². The Morgan fingerprint density at radius 3 is 2.26 bits per heavy atom. The van der Waals surface area contributed by atoms with Crippen LogP contribution < -0.4 is 0 Å². The van der Waals surface area contributed by atoms with Crippen molar-refractivity contribution in [3.63, 3.8) is 0 Å². The molecule has 0 aliphatic rings. The van der Waals surface area contributed by atoms with Gasteiger partial charge in [-0.15, -0.1) is 11.3 Å². The Labute approximate surface area is 161 Å². The molecule has 27 heavy (non-hydrogen) atoms. The van der Waals surface area contributed by atoms with E-state index >= 15 is 0 Å². The van der Waals surface area contributed by atoms with Crippen molar-refractivity contribution in [2.45, 2.75) is 26.9 Å². The third-order valence-corrected chi connectivity index (χ3v) is 5.14. The molecular formula is C20H19N5OS. The molecule has 4 aromatic rings. The first-order valence-corrected chi connectivity index (χ1v) is 9.52. The summed E-state index contributed by atoms with van der Waals surface area (Å²) in [4.78, 5) is 29.3. The first kappa shape index (κ1) is 17.4. The summed E-state index contributed by atoms with van der Waals surface area (Å²) in [5.41, 5.74) is 4.18. The van der Waals surface area contributed by atoms with E-state index in [2.05, 4.69) is 15.0 Å². The second-order valence-corrected chi connectivity index (χ2v) is 7.31. The highest BCUT2D eigenvalue weighted by Gasteiger charge is 2.21. The fourth-order valence-electron chi connectivity index (χ4n) is 3.01. The third kappa shape index (κ3) is 3.73. The lowest BCUT2D eigenvalue weighted by Gasteiger charge is -2.22. The van der Waals surface area contributed by atoms with Crippen LogP contribution >= 0.6 is 11.3 Å². The van der Waals surface area contributed by atoms with Crippen molar-refractivity contribution in [2.24, 2.45) is 0 Å². The molecule has 0 radical (unpaired) electrons. The summed E-state index contributed by atoms with van der Waals surface area (Å²) in [6.07, 6.45) is 3.43. The molecule has 6 nitrogen and oxygen atoms in total. The second-order valence-electron chi connectivity index (χ2n) is 6.42. The molecular weight excluding hydrogens is 358 g/mol. The molecule has 7 heteroatoms. The molecule has 0 aromatic carbocycles. The molecule has 0 fully saturated rings. The highest BCUT2D eigenvalue weighted by Crippen LogP contribution is 2.19. The molecule has 0 bridgehead atoms. The smallest absolute Gasteiger partial charge is 0.272 e. The number of fused-ring (bicyclic) bond motifs is 1. The van der Waals surface area contributed by atoms with E-state index in [-0.39, 0.29) is 5.91 Å². The van der Waals surface area contributed by atoms with E-state index in [0.717, 1.165) is 27.6 Å². The lowest BCUT2D eigenvalue weighted by molar-refractivity contribution is 0.0718. The van der Waals surface area contributed by atoms with Crippen LogP contribution in [0.15, 0.2) is 54.3 Å². The molecule has 0 unspecified atom stereocenters. The number of pyridine rings is 2. The number of thiazole rings is 1. The lowest BCUT2D eigenvalue weighted by Crippen LogP contribution is -2.31. The van der Waals surface area contributed by atoms with Crippen LogP contribution in [0.2, 0.25) is 0 Å². The van der Waals surface area contributed by atoms with Crippen molar-refractivity contribution in [3.05, 3.63) is 82.8 Å². The summed E-state index contributed by atoms with van der Waals surface area (Å²) in [7, 11) is 0. The minimum atomic E-state index is -0.0640. The van der Waals surface area contributed by atoms with Gasteiger partial charge < -0.3 is 4.90 Å². The third-order valence-electron chi connectivity index (χ3n) is 4.26. The molecule has 0 atom stereocenters. The number of rotatable bonds is 5. The Morgan fingerprint density at radius 2 is 1.67 bits per heavy atom. The zero-order valence-corrected chi connectivity index (χ0v) is 16.0. The van der Waals surface area contributed by atoms with Gasteiger partial charge in [0.1, 0.15) is 16.9 Å². The van der Waals surface area contributed by atoms with Crippen LogP contribution in [0.5, 0.6) is 0 Å². The second kappa shape index (κ2) is 7.28. The molecule has 0 spiro atoms. The highest BCUT2D eigenvalue weighted by molar-refractivity contribution is 7.15. The van der Waals surface area contributed by atoms with Crippen LogP contribution in [0.1, 0.15) is 33.3 Å². The molecule has 0 saturated carbocycles. The maximum absolute atomic E-state index is 13.3. The Morgan fingerprint density at radius 1 is 1.04 bits per heavy atom. The monoisotopic (exact) mass is 377 g/mol. The first-order chi connectivity index (χ1) is 13.1. The SMILES string of the molecule is Cc1cccc(CN(Cc2cccc(C)n2)C(=O)c2csc3cncn23)n1. The molecule has 4 aromatic heterocycles. The van der Waals surface area contributed by atoms with Gasteiger partial charge >= 0.3 is 0 Å². The van der Waals surface area contributed by atoms with Crippen LogP contribution in [0.3, 0.4) is 0 Å². The van der Waals surface area contributed by atoms with Gasteiger partial charge in [0, 0.05) is 16.8 Å². The fourth-order valence-corrected chi connectivity index (χ4v) is 3.83. The Balaban J connectivity index is 1.68. The van der Waals surface area contributed by atoms with E-state index in [0.29, 0.717) is 18.8 Å². The van der Waals surface area contributed by atoms with Crippen LogP contribution in [-0.4, -0.2) is 30.2 Å². The van der Waals surface area contributed by atoms with Gasteiger partial charge in [0.05, 0.1) is 30.7 Å². The van der Waals surface area contributed by atoms with Crippen LogP contribution in [0, 0.1) is 13.8 Å². The normalized spacial score (nSPS) is 11.0. The Kier molecular flexibility index (Phi) is 4.68. The minimum Gasteiger partial charge on any atom is -0.326 e. The number of aromatic nitrogens is 4. The fraction of sp³-hybridized carbons (Fsp3) is 0.200. The quantitative estimate of drug-likeness (QED) is 0.533. The number of imidazole rings is 1. The van der Waals surface area contributed by atoms with Crippen molar-refractivity contribution in [2.75, 3.05) is 0 Å². The molecule has 136 valence electrons. The van der Waals surface area contributed by atoms with E-state index < -0.39 is 0 Å². The summed E-state index contributed by atoms with van der Waals surface area (Å²) in [6, 6.07) is 11.7. The van der Waals surface area contributed by atoms with E-state index in [1.165, 1.54) is 11.3 Å². The van der Waals surface area contributed by atoms with Crippen LogP contribution in [0.4, 0.5) is 0 Å². The topological polar surface area (TPSA) is 63.4 Å². The molecule has 0 aliphatic carbocycles. The summed E-state index contributed by atoms with van der Waals surface area (Å²) < 4.78 is 1.83. The summed E-state index contributed by atoms with van der Waals surface area (Å²) in [5, 5.41) is 1.87. The van der Waals surface area contributed by atoms with Gasteiger partial charge in [0.2, 0.25) is 0 Å². The van der Waals surface area contributed by atoms with Crippen molar-refractivity contribution in [3.8, 4) is 0 Å². The Hall–Kier alpha value is -3.06. The molecule has 4 rings (SSSR count). The number of carbonyl (C=O) groups excluding carboxylic acids is 1. The van der Waals surface area contributed by atoms with Crippen molar-refractivity contribution in [1.82, 2.24) is 24.3 Å². The molecule has 4 heterocycles. The van der Waals surface area contributed by atoms with Crippen molar-refractivity contribution < 1.29 is 4.79 Å². The van der Waals surface area contributed by atoms with Gasteiger partial charge in [0.15, 0.2) is 0 Å². The van der Waals surface area contributed by atoms with Gasteiger partial charge in [-0.3, -0.25) is 19.2 Å². The average molecular weight is 377 g/mol. The number of hydrogen-bond donors (Lipinski definition) is 0. The number of hydrogen-bond acceptors (Lipinski definition) is 5. The van der Waals surface area contributed by atoms with E-state index in [4.69, 9.17) is 0 Å². The lowest BCUT2D eigenvalue weighted by atomic mass is 10.2. The van der Waals surface area contributed by atoms with Crippen molar-refractivity contribution >= 4 is 22.1 Å². The number of aryl methyl sites for hydroxylation is 2. The molecule has 1 amide bonds. The van der Waals surface area contributed by atoms with Gasteiger partial charge in [0.25, 0.3) is 5.91 Å². The summed E-state index contributed by atoms with van der Waals surface area (Å²) in [5.74, 6) is -0.0640. The number of carbonyl (C=O) groups is 1. The van der Waals surface area contributed by atoms with E-state index in [1.807, 2.05) is 60.0 Å². The van der Waals surface area contributed by atoms with Gasteiger partial charge in [-0.25, -0.2) is 4.98 Å². The minimum absolute atomic E-state index is 0.0640. The Bertz CT molecular complexity index is 1050. The first-order valence-electron chi connectivity index (χ1n) is 8.64. The number of nitrogens with zero attached hydrogens (tertiary/aromatic N) is 5. The van der Waals surface area contributed by atoms with Gasteiger partial charge in [-0.05, 0) is 38.1 Å². The van der Waals surface area contributed by atoms with E-state index in [1.54, 1.807) is 17.4 Å².